The highest BCUT2D eigenvalue weighted by molar-refractivity contribution is 5.41. The molecule has 0 aliphatic rings. The standard InChI is InChI=1S/C10H13O2/c1-3-4-8-5-6-9(11)10(7-8)12-2/h5-7,11H,1,3-4H2,2H3. The highest BCUT2D eigenvalue weighted by atomic mass is 16.5. The van der Waals surface area contributed by atoms with Crippen LogP contribution in [0.5, 0.6) is 11.5 Å². The number of rotatable bonds is 3. The fourth-order valence-corrected chi connectivity index (χ4v) is 1.08. The van der Waals surface area contributed by atoms with Gasteiger partial charge in [0, 0.05) is 0 Å². The Balaban J connectivity index is 2.89. The lowest BCUT2D eigenvalue weighted by Crippen LogP contribution is -1.87. The predicted octanol–water partition coefficient (Wildman–Crippen LogP) is 2.17. The second-order valence-corrected chi connectivity index (χ2v) is 2.61. The molecule has 2 heteroatoms. The molecule has 0 saturated heterocycles. The second-order valence-electron chi connectivity index (χ2n) is 2.61. The molecule has 1 aromatic carbocycles. The van der Waals surface area contributed by atoms with Crippen molar-refractivity contribution < 1.29 is 9.84 Å². The first-order valence-corrected chi connectivity index (χ1v) is 3.93. The van der Waals surface area contributed by atoms with Crippen LogP contribution in [0, 0.1) is 6.92 Å². The number of benzene rings is 1. The van der Waals surface area contributed by atoms with Gasteiger partial charge in [-0.15, -0.1) is 0 Å². The van der Waals surface area contributed by atoms with E-state index in [1.165, 1.54) is 0 Å². The molecule has 0 aromatic heterocycles. The summed E-state index contributed by atoms with van der Waals surface area (Å²) in [5.74, 6) is 0.714. The molecule has 2 nitrogen and oxygen atoms in total. The molecule has 0 aliphatic heterocycles. The van der Waals surface area contributed by atoms with Gasteiger partial charge in [0.2, 0.25) is 0 Å². The van der Waals surface area contributed by atoms with Crippen molar-refractivity contribution in [1.82, 2.24) is 0 Å². The number of aromatic hydroxyl groups is 1. The monoisotopic (exact) mass is 165 g/mol. The third-order valence-electron chi connectivity index (χ3n) is 1.71. The molecule has 0 spiro atoms. The number of hydrogen-bond acceptors (Lipinski definition) is 2. The van der Waals surface area contributed by atoms with E-state index in [0.717, 1.165) is 18.4 Å². The lowest BCUT2D eigenvalue weighted by Gasteiger charge is -2.05. The summed E-state index contributed by atoms with van der Waals surface area (Å²) in [4.78, 5) is 0. The third kappa shape index (κ3) is 1.91. The van der Waals surface area contributed by atoms with Crippen LogP contribution in [0.1, 0.15) is 12.0 Å². The van der Waals surface area contributed by atoms with Gasteiger partial charge in [-0.25, -0.2) is 0 Å². The Morgan fingerprint density at radius 3 is 2.83 bits per heavy atom. The van der Waals surface area contributed by atoms with Crippen molar-refractivity contribution in [3.63, 3.8) is 0 Å². The minimum absolute atomic E-state index is 0.185. The normalized spacial score (nSPS) is 9.83. The van der Waals surface area contributed by atoms with Crippen molar-refractivity contribution in [2.24, 2.45) is 0 Å². The largest absolute Gasteiger partial charge is 0.504 e. The summed E-state index contributed by atoms with van der Waals surface area (Å²) >= 11 is 0. The highest BCUT2D eigenvalue weighted by Gasteiger charge is 2.00. The maximum atomic E-state index is 9.26. The maximum Gasteiger partial charge on any atom is 0.160 e. The summed E-state index contributed by atoms with van der Waals surface area (Å²) in [6.07, 6.45) is 1.77. The van der Waals surface area contributed by atoms with E-state index in [9.17, 15) is 5.11 Å². The number of methoxy groups -OCH3 is 1. The van der Waals surface area contributed by atoms with Gasteiger partial charge in [0.25, 0.3) is 0 Å². The first-order valence-electron chi connectivity index (χ1n) is 3.93. The fourth-order valence-electron chi connectivity index (χ4n) is 1.08. The minimum atomic E-state index is 0.185. The molecule has 0 saturated carbocycles. The number of phenolic OH excluding ortho intramolecular Hbond substituents is 1. The Labute approximate surface area is 72.8 Å². The number of aryl methyl sites for hydroxylation is 1. The molecule has 1 rings (SSSR count). The van der Waals surface area contributed by atoms with Crippen LogP contribution in [0.15, 0.2) is 18.2 Å². The van der Waals surface area contributed by atoms with E-state index < -0.39 is 0 Å². The Morgan fingerprint density at radius 1 is 1.50 bits per heavy atom. The number of ether oxygens (including phenoxy) is 1. The first kappa shape index (κ1) is 8.91. The minimum Gasteiger partial charge on any atom is -0.504 e. The van der Waals surface area contributed by atoms with Gasteiger partial charge in [0.1, 0.15) is 0 Å². The molecule has 0 heterocycles. The number of phenols is 1. The molecule has 0 unspecified atom stereocenters. The highest BCUT2D eigenvalue weighted by Crippen LogP contribution is 2.26. The molecule has 1 radical (unpaired) electrons. The molecule has 0 amide bonds. The molecule has 65 valence electrons. The Bertz CT molecular complexity index is 256. The molecular weight excluding hydrogens is 152 g/mol. The molecule has 0 fully saturated rings. The van der Waals surface area contributed by atoms with Gasteiger partial charge in [0.15, 0.2) is 11.5 Å². The van der Waals surface area contributed by atoms with Crippen LogP contribution < -0.4 is 4.74 Å². The van der Waals surface area contributed by atoms with E-state index in [2.05, 4.69) is 6.92 Å². The van der Waals surface area contributed by atoms with Crippen LogP contribution in [0.2, 0.25) is 0 Å². The van der Waals surface area contributed by atoms with Crippen molar-refractivity contribution in [2.45, 2.75) is 12.8 Å². The molecule has 1 N–H and O–H groups in total. The van der Waals surface area contributed by atoms with Crippen molar-refractivity contribution >= 4 is 0 Å². The summed E-state index contributed by atoms with van der Waals surface area (Å²) in [6.45, 7) is 3.76. The quantitative estimate of drug-likeness (QED) is 0.743. The van der Waals surface area contributed by atoms with Gasteiger partial charge in [-0.2, -0.15) is 0 Å². The van der Waals surface area contributed by atoms with E-state index in [-0.39, 0.29) is 5.75 Å². The molecule has 0 bridgehead atoms. The Kier molecular flexibility index (Phi) is 2.97. The van der Waals surface area contributed by atoms with Crippen molar-refractivity contribution in [2.75, 3.05) is 7.11 Å². The molecule has 0 atom stereocenters. The summed E-state index contributed by atoms with van der Waals surface area (Å²) < 4.78 is 4.96. The van der Waals surface area contributed by atoms with Crippen LogP contribution in [-0.2, 0) is 6.42 Å². The van der Waals surface area contributed by atoms with E-state index >= 15 is 0 Å². The summed E-state index contributed by atoms with van der Waals surface area (Å²) in [6, 6.07) is 5.35. The van der Waals surface area contributed by atoms with E-state index in [0.29, 0.717) is 5.75 Å². The zero-order chi connectivity index (χ0) is 8.97. The smallest absolute Gasteiger partial charge is 0.160 e. The molecule has 12 heavy (non-hydrogen) atoms. The lowest BCUT2D eigenvalue weighted by atomic mass is 10.1. The third-order valence-corrected chi connectivity index (χ3v) is 1.71. The topological polar surface area (TPSA) is 29.5 Å². The maximum absolute atomic E-state index is 9.26. The van der Waals surface area contributed by atoms with Gasteiger partial charge in [-0.05, 0) is 30.5 Å². The van der Waals surface area contributed by atoms with Crippen molar-refractivity contribution in [3.05, 3.63) is 30.7 Å². The Hall–Kier alpha value is -1.18. The van der Waals surface area contributed by atoms with Crippen LogP contribution in [-0.4, -0.2) is 12.2 Å². The summed E-state index contributed by atoms with van der Waals surface area (Å²) in [5.41, 5.74) is 1.14. The fraction of sp³-hybridized carbons (Fsp3) is 0.300. The van der Waals surface area contributed by atoms with Crippen LogP contribution >= 0.6 is 0 Å². The van der Waals surface area contributed by atoms with Gasteiger partial charge >= 0.3 is 0 Å². The van der Waals surface area contributed by atoms with E-state index in [1.54, 1.807) is 13.2 Å². The average Bonchev–Trinajstić information content (AvgIpc) is 2.09. The lowest BCUT2D eigenvalue weighted by molar-refractivity contribution is 0.373. The van der Waals surface area contributed by atoms with Gasteiger partial charge in [-0.1, -0.05) is 13.0 Å². The molecular formula is C10H13O2. The van der Waals surface area contributed by atoms with Crippen LogP contribution in [0.4, 0.5) is 0 Å². The average molecular weight is 165 g/mol. The zero-order valence-electron chi connectivity index (χ0n) is 7.21. The first-order chi connectivity index (χ1) is 5.77. The van der Waals surface area contributed by atoms with Crippen LogP contribution in [0.3, 0.4) is 0 Å². The van der Waals surface area contributed by atoms with E-state index in [1.807, 2.05) is 12.1 Å². The SMILES string of the molecule is [CH2]CCc1ccc(O)c(OC)c1. The molecule has 0 aliphatic carbocycles. The molecule has 1 aromatic rings. The van der Waals surface area contributed by atoms with Gasteiger partial charge in [-0.3, -0.25) is 0 Å². The number of hydrogen-bond donors (Lipinski definition) is 1. The van der Waals surface area contributed by atoms with Gasteiger partial charge in [0.05, 0.1) is 7.11 Å². The van der Waals surface area contributed by atoms with Gasteiger partial charge < -0.3 is 9.84 Å². The van der Waals surface area contributed by atoms with Crippen molar-refractivity contribution in [3.8, 4) is 11.5 Å². The van der Waals surface area contributed by atoms with E-state index in [4.69, 9.17) is 4.74 Å². The van der Waals surface area contributed by atoms with Crippen molar-refractivity contribution in [1.29, 1.82) is 0 Å². The second kappa shape index (κ2) is 4.00. The van der Waals surface area contributed by atoms with Crippen LogP contribution in [0.25, 0.3) is 0 Å². The Morgan fingerprint density at radius 2 is 2.25 bits per heavy atom. The summed E-state index contributed by atoms with van der Waals surface area (Å²) in [5, 5.41) is 9.26. The zero-order valence-corrected chi connectivity index (χ0v) is 7.21. The predicted molar refractivity (Wildman–Crippen MR) is 48.3 cm³/mol. The summed E-state index contributed by atoms with van der Waals surface area (Å²) in [7, 11) is 1.54.